The van der Waals surface area contributed by atoms with Crippen LogP contribution in [0.4, 0.5) is 0 Å². The highest BCUT2D eigenvalue weighted by Gasteiger charge is 2.04. The second-order valence-corrected chi connectivity index (χ2v) is 4.09. The topological polar surface area (TPSA) is 26.3 Å². The summed E-state index contributed by atoms with van der Waals surface area (Å²) in [5, 5.41) is 0. The standard InChI is InChI=1S/C16H16O2/c17-16(15-11-5-2-6-12-15)18-13-7-10-14-8-3-1-4-9-14/h1-6,8-9,11-12H,7,10,13H2. The molecule has 92 valence electrons. The second-order valence-electron chi connectivity index (χ2n) is 4.09. The number of rotatable bonds is 5. The first-order valence-electron chi connectivity index (χ1n) is 6.12. The van der Waals surface area contributed by atoms with Gasteiger partial charge in [0.2, 0.25) is 0 Å². The summed E-state index contributed by atoms with van der Waals surface area (Å²) < 4.78 is 5.21. The maximum Gasteiger partial charge on any atom is 0.338 e. The number of hydrogen-bond donors (Lipinski definition) is 0. The minimum absolute atomic E-state index is 0.247. The Kier molecular flexibility index (Phi) is 4.53. The highest BCUT2D eigenvalue weighted by atomic mass is 16.5. The van der Waals surface area contributed by atoms with Crippen molar-refractivity contribution in [3.05, 3.63) is 71.8 Å². The Hall–Kier alpha value is -2.09. The van der Waals surface area contributed by atoms with Crippen LogP contribution in [0.15, 0.2) is 60.7 Å². The average molecular weight is 240 g/mol. The van der Waals surface area contributed by atoms with Crippen molar-refractivity contribution < 1.29 is 9.53 Å². The molecule has 0 aliphatic rings. The Bertz CT molecular complexity index is 477. The van der Waals surface area contributed by atoms with Crippen LogP contribution in [0.2, 0.25) is 0 Å². The van der Waals surface area contributed by atoms with Crippen molar-refractivity contribution in [3.63, 3.8) is 0 Å². The van der Waals surface area contributed by atoms with E-state index in [0.717, 1.165) is 12.8 Å². The highest BCUT2D eigenvalue weighted by Crippen LogP contribution is 2.04. The van der Waals surface area contributed by atoms with Gasteiger partial charge in [0.25, 0.3) is 0 Å². The third-order valence-electron chi connectivity index (χ3n) is 2.70. The van der Waals surface area contributed by atoms with E-state index in [0.29, 0.717) is 12.2 Å². The van der Waals surface area contributed by atoms with Crippen LogP contribution in [0.25, 0.3) is 0 Å². The molecular weight excluding hydrogens is 224 g/mol. The fraction of sp³-hybridized carbons (Fsp3) is 0.188. The third kappa shape index (κ3) is 3.74. The summed E-state index contributed by atoms with van der Waals surface area (Å²) in [5.74, 6) is -0.247. The van der Waals surface area contributed by atoms with Gasteiger partial charge >= 0.3 is 5.97 Å². The predicted molar refractivity (Wildman–Crippen MR) is 71.5 cm³/mol. The lowest BCUT2D eigenvalue weighted by Gasteiger charge is -2.04. The molecule has 0 bridgehead atoms. The van der Waals surface area contributed by atoms with Gasteiger partial charge in [-0.2, -0.15) is 0 Å². The van der Waals surface area contributed by atoms with Gasteiger partial charge in [-0.05, 0) is 30.5 Å². The van der Waals surface area contributed by atoms with Crippen LogP contribution in [0, 0.1) is 0 Å². The third-order valence-corrected chi connectivity index (χ3v) is 2.70. The molecule has 0 saturated carbocycles. The molecule has 0 saturated heterocycles. The largest absolute Gasteiger partial charge is 0.462 e. The molecule has 2 heteroatoms. The lowest BCUT2D eigenvalue weighted by Crippen LogP contribution is -2.06. The lowest BCUT2D eigenvalue weighted by atomic mass is 10.1. The van der Waals surface area contributed by atoms with Crippen LogP contribution in [0.1, 0.15) is 22.3 Å². The van der Waals surface area contributed by atoms with Crippen LogP contribution < -0.4 is 0 Å². The quantitative estimate of drug-likeness (QED) is 0.591. The molecule has 0 aliphatic carbocycles. The van der Waals surface area contributed by atoms with Crippen molar-refractivity contribution in [1.29, 1.82) is 0 Å². The summed E-state index contributed by atoms with van der Waals surface area (Å²) in [6.07, 6.45) is 1.78. The maximum absolute atomic E-state index is 11.6. The Balaban J connectivity index is 1.72. The van der Waals surface area contributed by atoms with Crippen LogP contribution in [0.5, 0.6) is 0 Å². The summed E-state index contributed by atoms with van der Waals surface area (Å²) in [6.45, 7) is 0.461. The SMILES string of the molecule is O=C(OCCCc1ccccc1)c1ccccc1. The number of aryl methyl sites for hydroxylation is 1. The van der Waals surface area contributed by atoms with Crippen molar-refractivity contribution >= 4 is 5.97 Å². The van der Waals surface area contributed by atoms with E-state index >= 15 is 0 Å². The molecule has 2 aromatic carbocycles. The Morgan fingerprint density at radius 3 is 2.17 bits per heavy atom. The molecule has 0 amide bonds. The molecule has 2 nitrogen and oxygen atoms in total. The number of ether oxygens (including phenoxy) is 1. The van der Waals surface area contributed by atoms with Gasteiger partial charge in [-0.3, -0.25) is 0 Å². The van der Waals surface area contributed by atoms with Gasteiger partial charge in [0, 0.05) is 0 Å². The van der Waals surface area contributed by atoms with E-state index < -0.39 is 0 Å². The molecule has 0 atom stereocenters. The van der Waals surface area contributed by atoms with Gasteiger partial charge in [-0.15, -0.1) is 0 Å². The molecule has 0 aromatic heterocycles. The van der Waals surface area contributed by atoms with E-state index in [9.17, 15) is 4.79 Å². The van der Waals surface area contributed by atoms with Crippen LogP contribution in [-0.2, 0) is 11.2 Å². The summed E-state index contributed by atoms with van der Waals surface area (Å²) >= 11 is 0. The van der Waals surface area contributed by atoms with Gasteiger partial charge in [-0.1, -0.05) is 48.5 Å². The van der Waals surface area contributed by atoms with E-state index in [1.807, 2.05) is 36.4 Å². The monoisotopic (exact) mass is 240 g/mol. The molecule has 0 aliphatic heterocycles. The minimum atomic E-state index is -0.247. The van der Waals surface area contributed by atoms with E-state index in [1.165, 1.54) is 5.56 Å². The van der Waals surface area contributed by atoms with Crippen molar-refractivity contribution in [3.8, 4) is 0 Å². The molecule has 2 rings (SSSR count). The van der Waals surface area contributed by atoms with Gasteiger partial charge in [-0.25, -0.2) is 4.79 Å². The summed E-state index contributed by atoms with van der Waals surface area (Å²) in [5.41, 5.74) is 1.88. The molecule has 0 fully saturated rings. The zero-order valence-electron chi connectivity index (χ0n) is 10.2. The number of carbonyl (C=O) groups excluding carboxylic acids is 1. The van der Waals surface area contributed by atoms with Crippen molar-refractivity contribution in [1.82, 2.24) is 0 Å². The Morgan fingerprint density at radius 2 is 1.50 bits per heavy atom. The molecule has 0 unspecified atom stereocenters. The number of carbonyl (C=O) groups is 1. The first-order chi connectivity index (χ1) is 8.86. The van der Waals surface area contributed by atoms with Crippen molar-refractivity contribution in [2.24, 2.45) is 0 Å². The fourth-order valence-electron chi connectivity index (χ4n) is 1.74. The Morgan fingerprint density at radius 1 is 0.889 bits per heavy atom. The smallest absolute Gasteiger partial charge is 0.338 e. The molecule has 18 heavy (non-hydrogen) atoms. The number of benzene rings is 2. The molecule has 2 aromatic rings. The van der Waals surface area contributed by atoms with E-state index in [4.69, 9.17) is 4.74 Å². The minimum Gasteiger partial charge on any atom is -0.462 e. The van der Waals surface area contributed by atoms with Crippen LogP contribution >= 0.6 is 0 Å². The van der Waals surface area contributed by atoms with E-state index in [-0.39, 0.29) is 5.97 Å². The first kappa shape index (κ1) is 12.4. The number of hydrogen-bond acceptors (Lipinski definition) is 2. The number of esters is 1. The lowest BCUT2D eigenvalue weighted by molar-refractivity contribution is 0.0500. The first-order valence-corrected chi connectivity index (χ1v) is 6.12. The van der Waals surface area contributed by atoms with E-state index in [2.05, 4.69) is 12.1 Å². The average Bonchev–Trinajstić information content (AvgIpc) is 2.45. The normalized spacial score (nSPS) is 10.0. The van der Waals surface area contributed by atoms with Gasteiger partial charge in [0.15, 0.2) is 0 Å². The fourth-order valence-corrected chi connectivity index (χ4v) is 1.74. The van der Waals surface area contributed by atoms with Crippen LogP contribution in [0.3, 0.4) is 0 Å². The summed E-state index contributed by atoms with van der Waals surface area (Å²) in [6, 6.07) is 19.3. The molecular formula is C16H16O2. The molecule has 0 radical (unpaired) electrons. The molecule has 0 heterocycles. The van der Waals surface area contributed by atoms with Gasteiger partial charge in [0.1, 0.15) is 0 Å². The van der Waals surface area contributed by atoms with E-state index in [1.54, 1.807) is 12.1 Å². The van der Waals surface area contributed by atoms with Crippen LogP contribution in [-0.4, -0.2) is 12.6 Å². The molecule has 0 spiro atoms. The van der Waals surface area contributed by atoms with Crippen molar-refractivity contribution in [2.75, 3.05) is 6.61 Å². The molecule has 0 N–H and O–H groups in total. The van der Waals surface area contributed by atoms with Gasteiger partial charge in [0.05, 0.1) is 12.2 Å². The highest BCUT2D eigenvalue weighted by molar-refractivity contribution is 5.89. The predicted octanol–water partition coefficient (Wildman–Crippen LogP) is 3.48. The zero-order valence-corrected chi connectivity index (χ0v) is 10.2. The maximum atomic E-state index is 11.6. The Labute approximate surface area is 107 Å². The summed E-state index contributed by atoms with van der Waals surface area (Å²) in [7, 11) is 0. The zero-order chi connectivity index (χ0) is 12.6. The second kappa shape index (κ2) is 6.60. The summed E-state index contributed by atoms with van der Waals surface area (Å²) in [4.78, 5) is 11.6. The van der Waals surface area contributed by atoms with Gasteiger partial charge < -0.3 is 4.74 Å². The van der Waals surface area contributed by atoms with Crippen molar-refractivity contribution in [2.45, 2.75) is 12.8 Å².